The van der Waals surface area contributed by atoms with Crippen LogP contribution in [0.4, 0.5) is 0 Å². The summed E-state index contributed by atoms with van der Waals surface area (Å²) in [7, 11) is -5.86. The average molecular weight is 454 g/mol. The van der Waals surface area contributed by atoms with E-state index < -0.39 is 45.0 Å². The van der Waals surface area contributed by atoms with Crippen molar-refractivity contribution in [3.63, 3.8) is 0 Å². The first-order valence-corrected chi connectivity index (χ1v) is 11.4. The molecule has 160 valence electrons. The highest BCUT2D eigenvalue weighted by Gasteiger charge is 2.43. The molecule has 0 spiro atoms. The van der Waals surface area contributed by atoms with E-state index in [0.29, 0.717) is 20.1 Å². The molecule has 0 aliphatic carbocycles. The third kappa shape index (κ3) is 3.83. The molecule has 2 aromatic rings. The summed E-state index contributed by atoms with van der Waals surface area (Å²) in [5.74, 6) is -1.26. The van der Waals surface area contributed by atoms with Crippen LogP contribution in [-0.4, -0.2) is 64.6 Å². The largest absolute Gasteiger partial charge is 0.497 e. The number of nitrogens with zero attached hydrogens (tertiary/aromatic N) is 2. The van der Waals surface area contributed by atoms with Gasteiger partial charge in [0, 0.05) is 0 Å². The summed E-state index contributed by atoms with van der Waals surface area (Å²) >= 11 is 0. The van der Waals surface area contributed by atoms with Crippen molar-refractivity contribution in [2.45, 2.75) is 9.79 Å². The van der Waals surface area contributed by atoms with E-state index in [0.717, 1.165) is 0 Å². The molecule has 0 bridgehead atoms. The van der Waals surface area contributed by atoms with E-state index in [4.69, 9.17) is 9.47 Å². The van der Waals surface area contributed by atoms with Crippen LogP contribution >= 0.6 is 0 Å². The van der Waals surface area contributed by atoms with Crippen molar-refractivity contribution in [1.29, 1.82) is 0 Å². The van der Waals surface area contributed by atoms with Crippen molar-refractivity contribution in [3.05, 3.63) is 48.5 Å². The van der Waals surface area contributed by atoms with Crippen molar-refractivity contribution in [2.75, 3.05) is 27.3 Å². The molecule has 2 aromatic carbocycles. The molecule has 1 heterocycles. The van der Waals surface area contributed by atoms with Crippen LogP contribution in [0, 0.1) is 0 Å². The zero-order valence-corrected chi connectivity index (χ0v) is 17.6. The summed E-state index contributed by atoms with van der Waals surface area (Å²) in [5.41, 5.74) is 0. The van der Waals surface area contributed by atoms with Gasteiger partial charge in [0.1, 0.15) is 24.6 Å². The van der Waals surface area contributed by atoms with Crippen LogP contribution in [0.1, 0.15) is 0 Å². The first-order valence-electron chi connectivity index (χ1n) is 8.50. The van der Waals surface area contributed by atoms with Crippen LogP contribution in [-0.2, 0) is 29.6 Å². The second-order valence-corrected chi connectivity index (χ2v) is 9.89. The van der Waals surface area contributed by atoms with Gasteiger partial charge in [0.15, 0.2) is 0 Å². The van der Waals surface area contributed by atoms with Gasteiger partial charge in [-0.1, -0.05) is 0 Å². The minimum atomic E-state index is -4.34. The highest BCUT2D eigenvalue weighted by atomic mass is 32.2. The number of hydrogen-bond acceptors (Lipinski definition) is 8. The second kappa shape index (κ2) is 7.95. The van der Waals surface area contributed by atoms with Gasteiger partial charge in [-0.15, -0.1) is 0 Å². The Balaban J connectivity index is 1.87. The molecule has 12 heteroatoms. The summed E-state index contributed by atoms with van der Waals surface area (Å²) in [6.07, 6.45) is 0. The molecule has 30 heavy (non-hydrogen) atoms. The Morgan fingerprint density at radius 1 is 0.633 bits per heavy atom. The first-order chi connectivity index (χ1) is 14.1. The van der Waals surface area contributed by atoms with Crippen LogP contribution in [0.2, 0.25) is 0 Å². The van der Waals surface area contributed by atoms with Crippen LogP contribution in [0.15, 0.2) is 58.3 Å². The standard InChI is InChI=1S/C18H18N2O8S2/c1-27-13-3-7-15(8-4-13)29(23,24)19-11-18(22)20(12-17(19)21)30(25,26)16-9-5-14(28-2)6-10-16/h3-10H,11-12H2,1-2H3. The van der Waals surface area contributed by atoms with Crippen molar-refractivity contribution < 1.29 is 35.9 Å². The number of carbonyl (C=O) groups is 2. The maximum Gasteiger partial charge on any atom is 0.267 e. The van der Waals surface area contributed by atoms with Crippen molar-refractivity contribution in [3.8, 4) is 11.5 Å². The predicted molar refractivity (Wildman–Crippen MR) is 104 cm³/mol. The highest BCUT2D eigenvalue weighted by Crippen LogP contribution is 2.25. The molecule has 1 aliphatic heterocycles. The van der Waals surface area contributed by atoms with E-state index in [-0.39, 0.29) is 9.79 Å². The molecule has 0 N–H and O–H groups in total. The van der Waals surface area contributed by atoms with E-state index in [2.05, 4.69) is 0 Å². The smallest absolute Gasteiger partial charge is 0.267 e. The molecule has 10 nitrogen and oxygen atoms in total. The first kappa shape index (κ1) is 21.6. The Hall–Kier alpha value is -3.12. The van der Waals surface area contributed by atoms with E-state index in [9.17, 15) is 26.4 Å². The zero-order chi connectivity index (χ0) is 22.1. The maximum atomic E-state index is 12.8. The lowest BCUT2D eigenvalue weighted by molar-refractivity contribution is -0.141. The molecule has 1 aliphatic rings. The lowest BCUT2D eigenvalue weighted by Gasteiger charge is -2.32. The van der Waals surface area contributed by atoms with Gasteiger partial charge in [0.05, 0.1) is 24.0 Å². The molecule has 0 unspecified atom stereocenters. The monoisotopic (exact) mass is 454 g/mol. The van der Waals surface area contributed by atoms with Gasteiger partial charge in [-0.05, 0) is 48.5 Å². The number of carbonyl (C=O) groups excluding carboxylic acids is 2. The number of ether oxygens (including phenoxy) is 2. The minimum absolute atomic E-state index is 0.226. The lowest BCUT2D eigenvalue weighted by atomic mass is 10.3. The number of sulfonamides is 2. The summed E-state index contributed by atoms with van der Waals surface area (Å²) in [4.78, 5) is 24.6. The van der Waals surface area contributed by atoms with Crippen LogP contribution in [0.5, 0.6) is 11.5 Å². The third-order valence-electron chi connectivity index (χ3n) is 4.41. The maximum absolute atomic E-state index is 12.8. The van der Waals surface area contributed by atoms with E-state index >= 15 is 0 Å². The number of methoxy groups -OCH3 is 2. The van der Waals surface area contributed by atoms with Gasteiger partial charge in [-0.3, -0.25) is 9.59 Å². The quantitative estimate of drug-likeness (QED) is 0.616. The molecule has 0 aromatic heterocycles. The van der Waals surface area contributed by atoms with Gasteiger partial charge < -0.3 is 9.47 Å². The van der Waals surface area contributed by atoms with Gasteiger partial charge in [0.2, 0.25) is 0 Å². The fourth-order valence-electron chi connectivity index (χ4n) is 2.77. The van der Waals surface area contributed by atoms with Crippen LogP contribution < -0.4 is 9.47 Å². The summed E-state index contributed by atoms with van der Waals surface area (Å²) < 4.78 is 61.7. The Labute approximate surface area is 173 Å². The summed E-state index contributed by atoms with van der Waals surface area (Å²) in [5, 5.41) is 0. The molecule has 0 saturated carbocycles. The molecule has 3 rings (SSSR count). The molecule has 1 saturated heterocycles. The second-order valence-electron chi connectivity index (χ2n) is 6.16. The number of piperazine rings is 1. The Kier molecular flexibility index (Phi) is 5.72. The zero-order valence-electron chi connectivity index (χ0n) is 16.0. The van der Waals surface area contributed by atoms with Crippen molar-refractivity contribution >= 4 is 31.9 Å². The van der Waals surface area contributed by atoms with Gasteiger partial charge in [-0.2, -0.15) is 0 Å². The fourth-order valence-corrected chi connectivity index (χ4v) is 5.45. The lowest BCUT2D eigenvalue weighted by Crippen LogP contribution is -2.56. The molecule has 0 atom stereocenters. The van der Waals surface area contributed by atoms with Gasteiger partial charge in [-0.25, -0.2) is 25.4 Å². The summed E-state index contributed by atoms with van der Waals surface area (Å²) in [6.45, 7) is -1.86. The van der Waals surface area contributed by atoms with Crippen LogP contribution in [0.25, 0.3) is 0 Å². The van der Waals surface area contributed by atoms with E-state index in [1.54, 1.807) is 0 Å². The molecule has 2 amide bonds. The number of hydrogen-bond donors (Lipinski definition) is 0. The highest BCUT2D eigenvalue weighted by molar-refractivity contribution is 7.90. The van der Waals surface area contributed by atoms with Gasteiger partial charge >= 0.3 is 0 Å². The molecular formula is C18H18N2O8S2. The number of amides is 2. The number of benzene rings is 2. The van der Waals surface area contributed by atoms with Crippen LogP contribution in [0.3, 0.4) is 0 Å². The Morgan fingerprint density at radius 2 is 0.933 bits per heavy atom. The molecular weight excluding hydrogens is 436 g/mol. The normalized spacial score (nSPS) is 15.3. The van der Waals surface area contributed by atoms with E-state index in [1.165, 1.54) is 62.8 Å². The van der Waals surface area contributed by atoms with Crippen molar-refractivity contribution in [1.82, 2.24) is 8.61 Å². The van der Waals surface area contributed by atoms with Crippen molar-refractivity contribution in [2.24, 2.45) is 0 Å². The van der Waals surface area contributed by atoms with Gasteiger partial charge in [0.25, 0.3) is 31.9 Å². The minimum Gasteiger partial charge on any atom is -0.497 e. The van der Waals surface area contributed by atoms with E-state index in [1.807, 2.05) is 0 Å². The number of rotatable bonds is 6. The Morgan fingerprint density at radius 3 is 1.20 bits per heavy atom. The SMILES string of the molecule is COc1ccc(S(=O)(=O)N2CC(=O)N(S(=O)(=O)c3ccc(OC)cc3)CC2=O)cc1. The Bertz CT molecular complexity index is 1080. The topological polar surface area (TPSA) is 127 Å². The third-order valence-corrected chi connectivity index (χ3v) is 7.97. The predicted octanol–water partition coefficient (Wildman–Crippen LogP) is 0.452. The average Bonchev–Trinajstić information content (AvgIpc) is 2.74. The molecule has 1 fully saturated rings. The summed E-state index contributed by atoms with van der Waals surface area (Å²) in [6, 6.07) is 10.5. The molecule has 0 radical (unpaired) electrons. The fraction of sp³-hybridized carbons (Fsp3) is 0.222.